The van der Waals surface area contributed by atoms with Gasteiger partial charge in [0.15, 0.2) is 0 Å². The van der Waals surface area contributed by atoms with Gasteiger partial charge in [-0.25, -0.2) is 18.1 Å². The van der Waals surface area contributed by atoms with Crippen molar-refractivity contribution in [3.8, 4) is 0 Å². The summed E-state index contributed by atoms with van der Waals surface area (Å²) < 4.78 is 29.6. The number of hydrogen-bond donors (Lipinski definition) is 2. The summed E-state index contributed by atoms with van der Waals surface area (Å²) in [4.78, 5) is 18.5. The molecule has 0 saturated heterocycles. The molecule has 0 amide bonds. The lowest BCUT2D eigenvalue weighted by Crippen LogP contribution is -2.25. The Morgan fingerprint density at radius 2 is 2.04 bits per heavy atom. The molecular weight excluding hydrogens is 340 g/mol. The SMILES string of the molecule is Cc1cc(=O)[nH]c2ccc(S(=O)(=O)NCCCn3ccnc3C)cc12. The number of fused-ring (bicyclic) bond motifs is 1. The van der Waals surface area contributed by atoms with Gasteiger partial charge in [0.1, 0.15) is 5.82 Å². The zero-order valence-corrected chi connectivity index (χ0v) is 14.9. The zero-order valence-electron chi connectivity index (χ0n) is 14.1. The first-order valence-corrected chi connectivity index (χ1v) is 9.46. The number of nitrogens with zero attached hydrogens (tertiary/aromatic N) is 2. The smallest absolute Gasteiger partial charge is 0.248 e. The van der Waals surface area contributed by atoms with Crippen LogP contribution in [0, 0.1) is 13.8 Å². The minimum absolute atomic E-state index is 0.189. The number of aromatic amines is 1. The molecule has 0 aliphatic carbocycles. The van der Waals surface area contributed by atoms with E-state index in [1.807, 2.05) is 17.7 Å². The van der Waals surface area contributed by atoms with Crippen molar-refractivity contribution in [3.05, 3.63) is 58.4 Å². The number of hydrogen-bond acceptors (Lipinski definition) is 4. The third-order valence-electron chi connectivity index (χ3n) is 4.12. The fraction of sp³-hybridized carbons (Fsp3) is 0.294. The maximum atomic E-state index is 12.5. The number of sulfonamides is 1. The van der Waals surface area contributed by atoms with Gasteiger partial charge in [0.05, 0.1) is 4.90 Å². The van der Waals surface area contributed by atoms with E-state index in [0.29, 0.717) is 25.0 Å². The Bertz CT molecular complexity index is 1070. The van der Waals surface area contributed by atoms with Crippen LogP contribution in [0.4, 0.5) is 0 Å². The van der Waals surface area contributed by atoms with Crippen molar-refractivity contribution in [1.29, 1.82) is 0 Å². The number of aryl methyl sites for hydroxylation is 3. The molecule has 0 spiro atoms. The first-order chi connectivity index (χ1) is 11.9. The van der Waals surface area contributed by atoms with Crippen LogP contribution in [-0.2, 0) is 16.6 Å². The molecule has 0 aliphatic heterocycles. The highest BCUT2D eigenvalue weighted by Gasteiger charge is 2.14. The summed E-state index contributed by atoms with van der Waals surface area (Å²) in [5, 5.41) is 0.719. The summed E-state index contributed by atoms with van der Waals surface area (Å²) in [6.07, 6.45) is 4.26. The highest BCUT2D eigenvalue weighted by molar-refractivity contribution is 7.89. The van der Waals surface area contributed by atoms with E-state index < -0.39 is 10.0 Å². The molecule has 25 heavy (non-hydrogen) atoms. The second kappa shape index (κ2) is 6.81. The molecule has 132 valence electrons. The van der Waals surface area contributed by atoms with Gasteiger partial charge < -0.3 is 9.55 Å². The molecule has 0 fully saturated rings. The summed E-state index contributed by atoms with van der Waals surface area (Å²) in [6, 6.07) is 6.16. The van der Waals surface area contributed by atoms with Crippen molar-refractivity contribution < 1.29 is 8.42 Å². The molecule has 8 heteroatoms. The Balaban J connectivity index is 1.72. The summed E-state index contributed by atoms with van der Waals surface area (Å²) >= 11 is 0. The Labute approximate surface area is 145 Å². The van der Waals surface area contributed by atoms with E-state index >= 15 is 0 Å². The second-order valence-electron chi connectivity index (χ2n) is 5.94. The lowest BCUT2D eigenvalue weighted by atomic mass is 10.1. The van der Waals surface area contributed by atoms with Crippen LogP contribution in [0.2, 0.25) is 0 Å². The molecule has 2 heterocycles. The Hall–Kier alpha value is -2.45. The molecular formula is C17H20N4O3S. The maximum Gasteiger partial charge on any atom is 0.248 e. The molecule has 0 atom stereocenters. The fourth-order valence-corrected chi connectivity index (χ4v) is 3.85. The van der Waals surface area contributed by atoms with Crippen molar-refractivity contribution in [2.75, 3.05) is 6.54 Å². The van der Waals surface area contributed by atoms with E-state index in [0.717, 1.165) is 16.8 Å². The predicted octanol–water partition coefficient (Wildman–Crippen LogP) is 1.71. The molecule has 2 N–H and O–H groups in total. The number of rotatable bonds is 6. The molecule has 0 saturated carbocycles. The van der Waals surface area contributed by atoms with Crippen LogP contribution in [0.15, 0.2) is 46.3 Å². The van der Waals surface area contributed by atoms with Crippen molar-refractivity contribution >= 4 is 20.9 Å². The second-order valence-corrected chi connectivity index (χ2v) is 7.71. The monoisotopic (exact) mass is 360 g/mol. The number of aromatic nitrogens is 3. The molecule has 0 bridgehead atoms. The van der Waals surface area contributed by atoms with Gasteiger partial charge >= 0.3 is 0 Å². The number of pyridine rings is 1. The molecule has 0 radical (unpaired) electrons. The van der Waals surface area contributed by atoms with Gasteiger partial charge in [-0.05, 0) is 44.0 Å². The number of H-pyrrole nitrogens is 1. The third-order valence-corrected chi connectivity index (χ3v) is 5.58. The third kappa shape index (κ3) is 3.80. The van der Waals surface area contributed by atoms with Crippen molar-refractivity contribution in [2.24, 2.45) is 0 Å². The molecule has 2 aromatic heterocycles. The summed E-state index contributed by atoms with van der Waals surface area (Å²) in [5.41, 5.74) is 1.17. The maximum absolute atomic E-state index is 12.5. The molecule has 1 aromatic carbocycles. The van der Waals surface area contributed by atoms with E-state index in [1.165, 1.54) is 12.1 Å². The quantitative estimate of drug-likeness (QED) is 0.654. The normalized spacial score (nSPS) is 11.9. The molecule has 0 unspecified atom stereocenters. The van der Waals surface area contributed by atoms with Crippen LogP contribution in [-0.4, -0.2) is 29.5 Å². The average molecular weight is 360 g/mol. The molecule has 3 rings (SSSR count). The van der Waals surface area contributed by atoms with Crippen molar-refractivity contribution in [2.45, 2.75) is 31.7 Å². The standard InChI is InChI=1S/C17H20N4O3S/c1-12-10-17(22)20-16-5-4-14(11-15(12)16)25(23,24)19-6-3-8-21-9-7-18-13(21)2/h4-5,7,9-11,19H,3,6,8H2,1-2H3,(H,20,22). The summed E-state index contributed by atoms with van der Waals surface area (Å²) in [7, 11) is -3.60. The van der Waals surface area contributed by atoms with Gasteiger partial charge in [-0.2, -0.15) is 0 Å². The van der Waals surface area contributed by atoms with Crippen LogP contribution in [0.5, 0.6) is 0 Å². The fourth-order valence-electron chi connectivity index (χ4n) is 2.75. The molecule has 7 nitrogen and oxygen atoms in total. The van der Waals surface area contributed by atoms with Crippen molar-refractivity contribution in [3.63, 3.8) is 0 Å². The van der Waals surface area contributed by atoms with Crippen LogP contribution in [0.25, 0.3) is 10.9 Å². The minimum Gasteiger partial charge on any atom is -0.335 e. The summed E-state index contributed by atoms with van der Waals surface area (Å²) in [5.74, 6) is 0.904. The minimum atomic E-state index is -3.60. The highest BCUT2D eigenvalue weighted by atomic mass is 32.2. The number of benzene rings is 1. The Morgan fingerprint density at radius 3 is 2.76 bits per heavy atom. The van der Waals surface area contributed by atoms with E-state index in [9.17, 15) is 13.2 Å². The van der Waals surface area contributed by atoms with Crippen LogP contribution in [0.1, 0.15) is 17.8 Å². The van der Waals surface area contributed by atoms with Gasteiger partial charge in [-0.3, -0.25) is 4.79 Å². The van der Waals surface area contributed by atoms with E-state index in [4.69, 9.17) is 0 Å². The highest BCUT2D eigenvalue weighted by Crippen LogP contribution is 2.19. The first-order valence-electron chi connectivity index (χ1n) is 7.98. The lowest BCUT2D eigenvalue weighted by Gasteiger charge is -2.09. The Kier molecular flexibility index (Phi) is 4.73. The predicted molar refractivity (Wildman–Crippen MR) is 96.1 cm³/mol. The largest absolute Gasteiger partial charge is 0.335 e. The van der Waals surface area contributed by atoms with E-state index in [2.05, 4.69) is 14.7 Å². The first kappa shape index (κ1) is 17.4. The number of nitrogens with one attached hydrogen (secondary N) is 2. The van der Waals surface area contributed by atoms with Gasteiger partial charge in [-0.15, -0.1) is 0 Å². The Morgan fingerprint density at radius 1 is 1.24 bits per heavy atom. The van der Waals surface area contributed by atoms with Gasteiger partial charge in [0.2, 0.25) is 15.6 Å². The van der Waals surface area contributed by atoms with Gasteiger partial charge in [0, 0.05) is 42.5 Å². The summed E-state index contributed by atoms with van der Waals surface area (Å²) in [6.45, 7) is 4.73. The van der Waals surface area contributed by atoms with Gasteiger partial charge in [-0.1, -0.05) is 0 Å². The zero-order chi connectivity index (χ0) is 18.0. The van der Waals surface area contributed by atoms with E-state index in [1.54, 1.807) is 25.3 Å². The number of imidazole rings is 1. The molecule has 0 aliphatic rings. The lowest BCUT2D eigenvalue weighted by molar-refractivity contribution is 0.567. The van der Waals surface area contributed by atoms with Crippen LogP contribution in [0.3, 0.4) is 0 Å². The molecule has 3 aromatic rings. The topological polar surface area (TPSA) is 96.9 Å². The van der Waals surface area contributed by atoms with E-state index in [-0.39, 0.29) is 10.5 Å². The van der Waals surface area contributed by atoms with Crippen LogP contribution < -0.4 is 10.3 Å². The van der Waals surface area contributed by atoms with Gasteiger partial charge in [0.25, 0.3) is 0 Å². The van der Waals surface area contributed by atoms with Crippen LogP contribution >= 0.6 is 0 Å². The average Bonchev–Trinajstić information content (AvgIpc) is 2.96. The van der Waals surface area contributed by atoms with Crippen molar-refractivity contribution in [1.82, 2.24) is 19.3 Å².